The summed E-state index contributed by atoms with van der Waals surface area (Å²) in [4.78, 5) is 27.7. The van der Waals surface area contributed by atoms with Gasteiger partial charge < -0.3 is 0 Å². The molecule has 1 amide bonds. The molecular formula is C24H17ClN2O3S3. The van der Waals surface area contributed by atoms with Crippen LogP contribution in [0.3, 0.4) is 0 Å². The number of carbonyl (C=O) groups excluding carboxylic acids is 1. The molecule has 0 aromatic heterocycles. The van der Waals surface area contributed by atoms with Gasteiger partial charge in [-0.1, -0.05) is 71.1 Å². The molecule has 1 fully saturated rings. The number of hydrogen-bond acceptors (Lipinski definition) is 6. The van der Waals surface area contributed by atoms with Crippen molar-refractivity contribution in [3.63, 3.8) is 0 Å². The van der Waals surface area contributed by atoms with Gasteiger partial charge in [-0.3, -0.25) is 19.8 Å². The van der Waals surface area contributed by atoms with Crippen LogP contribution < -0.4 is 4.90 Å². The van der Waals surface area contributed by atoms with Crippen molar-refractivity contribution in [1.82, 2.24) is 0 Å². The van der Waals surface area contributed by atoms with Crippen LogP contribution in [0.5, 0.6) is 0 Å². The normalized spacial score (nSPS) is 14.9. The molecule has 33 heavy (non-hydrogen) atoms. The molecule has 0 spiro atoms. The van der Waals surface area contributed by atoms with Gasteiger partial charge in [0.15, 0.2) is 4.32 Å². The number of anilines is 1. The van der Waals surface area contributed by atoms with Gasteiger partial charge in [0, 0.05) is 16.0 Å². The zero-order chi connectivity index (χ0) is 23.7. The molecule has 1 heterocycles. The predicted octanol–water partition coefficient (Wildman–Crippen LogP) is 7.42. The second kappa shape index (κ2) is 9.69. The lowest BCUT2D eigenvalue weighted by Crippen LogP contribution is -2.28. The lowest BCUT2D eigenvalue weighted by atomic mass is 10.1. The zero-order valence-electron chi connectivity index (χ0n) is 17.6. The molecule has 4 rings (SSSR count). The first-order valence-electron chi connectivity index (χ1n) is 9.80. The number of nitro groups is 1. The molecule has 3 aromatic rings. The molecule has 0 N–H and O–H groups in total. The number of amides is 1. The number of halogens is 1. The lowest BCUT2D eigenvalue weighted by Gasteiger charge is -2.17. The standard InChI is InChI=1S/C24H17ClN2O3S3/c1-14-3-9-19(15(2)11-14)26-23(28)22(33-24(26)31)13-16-4-10-21(20(12-16)27(29)30)32-18-7-5-17(25)6-8-18/h3-13H,1-2H3/b22-13+. The molecule has 0 aliphatic carbocycles. The number of rotatable bonds is 5. The summed E-state index contributed by atoms with van der Waals surface area (Å²) in [5.41, 5.74) is 3.32. The Morgan fingerprint density at radius 3 is 2.48 bits per heavy atom. The highest BCUT2D eigenvalue weighted by molar-refractivity contribution is 8.27. The second-order valence-corrected chi connectivity index (χ2v) is 10.6. The molecule has 0 saturated carbocycles. The Morgan fingerprint density at radius 1 is 1.09 bits per heavy atom. The Hall–Kier alpha value is -2.65. The summed E-state index contributed by atoms with van der Waals surface area (Å²) >= 11 is 13.9. The molecule has 0 bridgehead atoms. The van der Waals surface area contributed by atoms with E-state index in [0.29, 0.717) is 24.7 Å². The average molecular weight is 513 g/mol. The van der Waals surface area contributed by atoms with E-state index in [9.17, 15) is 14.9 Å². The minimum absolute atomic E-state index is 0.0337. The van der Waals surface area contributed by atoms with Crippen molar-refractivity contribution in [2.75, 3.05) is 4.90 Å². The molecule has 1 saturated heterocycles. The van der Waals surface area contributed by atoms with Crippen LogP contribution in [0.1, 0.15) is 16.7 Å². The molecular weight excluding hydrogens is 496 g/mol. The fourth-order valence-corrected chi connectivity index (χ4v) is 5.68. The lowest BCUT2D eigenvalue weighted by molar-refractivity contribution is -0.387. The maximum Gasteiger partial charge on any atom is 0.283 e. The molecule has 9 heteroatoms. The third kappa shape index (κ3) is 5.14. The van der Waals surface area contributed by atoms with E-state index in [0.717, 1.165) is 21.7 Å². The predicted molar refractivity (Wildman–Crippen MR) is 140 cm³/mol. The van der Waals surface area contributed by atoms with Gasteiger partial charge >= 0.3 is 0 Å². The van der Waals surface area contributed by atoms with Crippen LogP contribution in [-0.4, -0.2) is 15.2 Å². The van der Waals surface area contributed by atoms with Crippen LogP contribution in [0.25, 0.3) is 6.08 Å². The van der Waals surface area contributed by atoms with Crippen LogP contribution >= 0.6 is 47.3 Å². The smallest absolute Gasteiger partial charge is 0.268 e. The van der Waals surface area contributed by atoms with Crippen molar-refractivity contribution >= 4 is 75.0 Å². The van der Waals surface area contributed by atoms with Crippen molar-refractivity contribution in [3.8, 4) is 0 Å². The quantitative estimate of drug-likeness (QED) is 0.153. The summed E-state index contributed by atoms with van der Waals surface area (Å²) in [6.07, 6.45) is 1.65. The number of nitrogens with zero attached hydrogens (tertiary/aromatic N) is 2. The summed E-state index contributed by atoms with van der Waals surface area (Å²) in [6, 6.07) is 17.8. The molecule has 1 aliphatic heterocycles. The number of thiocarbonyl (C=S) groups is 1. The third-order valence-corrected chi connectivity index (χ3v) is 7.53. The first-order chi connectivity index (χ1) is 15.7. The van der Waals surface area contributed by atoms with Crippen LogP contribution in [0.4, 0.5) is 11.4 Å². The Morgan fingerprint density at radius 2 is 1.82 bits per heavy atom. The molecule has 0 radical (unpaired) electrons. The van der Waals surface area contributed by atoms with E-state index < -0.39 is 4.92 Å². The van der Waals surface area contributed by atoms with E-state index in [1.165, 1.54) is 34.5 Å². The Kier molecular flexibility index (Phi) is 6.90. The van der Waals surface area contributed by atoms with E-state index in [4.69, 9.17) is 23.8 Å². The van der Waals surface area contributed by atoms with Gasteiger partial charge in [-0.25, -0.2) is 0 Å². The van der Waals surface area contributed by atoms with E-state index in [-0.39, 0.29) is 11.6 Å². The highest BCUT2D eigenvalue weighted by atomic mass is 35.5. The minimum Gasteiger partial charge on any atom is -0.268 e. The Balaban J connectivity index is 1.64. The number of aryl methyl sites for hydroxylation is 2. The highest BCUT2D eigenvalue weighted by Gasteiger charge is 2.34. The highest BCUT2D eigenvalue weighted by Crippen LogP contribution is 2.39. The van der Waals surface area contributed by atoms with Gasteiger partial charge in [0.1, 0.15) is 0 Å². The van der Waals surface area contributed by atoms with Gasteiger partial charge in [-0.15, -0.1) is 0 Å². The van der Waals surface area contributed by atoms with Crippen LogP contribution in [0.2, 0.25) is 5.02 Å². The van der Waals surface area contributed by atoms with Gasteiger partial charge in [0.05, 0.1) is 20.4 Å². The minimum atomic E-state index is -0.420. The summed E-state index contributed by atoms with van der Waals surface area (Å²) in [5, 5.41) is 12.3. The third-order valence-electron chi connectivity index (χ3n) is 4.91. The molecule has 5 nitrogen and oxygen atoms in total. The number of nitro benzene ring substituents is 1. The number of carbonyl (C=O) groups is 1. The topological polar surface area (TPSA) is 63.5 Å². The monoisotopic (exact) mass is 512 g/mol. The van der Waals surface area contributed by atoms with Gasteiger partial charge in [-0.05, 0) is 67.4 Å². The molecule has 166 valence electrons. The fourth-order valence-electron chi connectivity index (χ4n) is 3.37. The van der Waals surface area contributed by atoms with Crippen molar-refractivity contribution in [1.29, 1.82) is 0 Å². The zero-order valence-corrected chi connectivity index (χ0v) is 20.8. The Labute approximate surface area is 210 Å². The first kappa shape index (κ1) is 23.5. The molecule has 0 atom stereocenters. The number of thioether (sulfide) groups is 1. The maximum atomic E-state index is 13.1. The summed E-state index contributed by atoms with van der Waals surface area (Å²) in [5.74, 6) is -0.237. The molecule has 0 unspecified atom stereocenters. The van der Waals surface area contributed by atoms with Crippen molar-refractivity contribution in [3.05, 3.63) is 97.4 Å². The van der Waals surface area contributed by atoms with Crippen molar-refractivity contribution in [2.24, 2.45) is 0 Å². The van der Waals surface area contributed by atoms with E-state index in [1.807, 2.05) is 44.2 Å². The SMILES string of the molecule is Cc1ccc(N2C(=O)/C(=C\c3ccc(Sc4ccc(Cl)cc4)c([N+](=O)[O-])c3)SC2=S)c(C)c1. The van der Waals surface area contributed by atoms with E-state index >= 15 is 0 Å². The fraction of sp³-hybridized carbons (Fsp3) is 0.0833. The second-order valence-electron chi connectivity index (χ2n) is 7.35. The summed E-state index contributed by atoms with van der Waals surface area (Å²) in [6.45, 7) is 3.92. The molecule has 1 aliphatic rings. The van der Waals surface area contributed by atoms with Gasteiger partial charge in [0.25, 0.3) is 11.6 Å². The van der Waals surface area contributed by atoms with Crippen LogP contribution in [-0.2, 0) is 4.79 Å². The van der Waals surface area contributed by atoms with E-state index in [2.05, 4.69) is 0 Å². The van der Waals surface area contributed by atoms with Crippen molar-refractivity contribution in [2.45, 2.75) is 23.6 Å². The largest absolute Gasteiger partial charge is 0.283 e. The Bertz CT molecular complexity index is 1320. The van der Waals surface area contributed by atoms with Gasteiger partial charge in [0.2, 0.25) is 0 Å². The molecule has 3 aromatic carbocycles. The van der Waals surface area contributed by atoms with Crippen LogP contribution in [0, 0.1) is 24.0 Å². The summed E-state index contributed by atoms with van der Waals surface area (Å²) < 4.78 is 0.433. The number of hydrogen-bond donors (Lipinski definition) is 0. The van der Waals surface area contributed by atoms with Gasteiger partial charge in [-0.2, -0.15) is 0 Å². The van der Waals surface area contributed by atoms with E-state index in [1.54, 1.807) is 30.3 Å². The summed E-state index contributed by atoms with van der Waals surface area (Å²) in [7, 11) is 0. The average Bonchev–Trinajstić information content (AvgIpc) is 3.03. The maximum absolute atomic E-state index is 13.1. The van der Waals surface area contributed by atoms with Crippen molar-refractivity contribution < 1.29 is 9.72 Å². The first-order valence-corrected chi connectivity index (χ1v) is 12.2. The van der Waals surface area contributed by atoms with Crippen LogP contribution in [0.15, 0.2) is 75.4 Å². The number of benzene rings is 3.